The highest BCUT2D eigenvalue weighted by Gasteiger charge is 2.33. The lowest BCUT2D eigenvalue weighted by Crippen LogP contribution is -2.33. The maximum absolute atomic E-state index is 12.0. The topological polar surface area (TPSA) is 101 Å². The minimum absolute atomic E-state index is 0.189. The summed E-state index contributed by atoms with van der Waals surface area (Å²) in [6, 6.07) is -0.189. The maximum atomic E-state index is 12.0. The van der Waals surface area contributed by atoms with E-state index in [1.165, 1.54) is 0 Å². The van der Waals surface area contributed by atoms with Crippen molar-refractivity contribution in [2.75, 3.05) is 13.2 Å². The molecule has 1 fully saturated rings. The van der Waals surface area contributed by atoms with Crippen molar-refractivity contribution >= 4 is 11.9 Å². The van der Waals surface area contributed by atoms with Crippen LogP contribution < -0.4 is 0 Å². The molecule has 1 aromatic heterocycles. The zero-order valence-electron chi connectivity index (χ0n) is 10.1. The standard InChI is InChI=1S/C10H15N5O3/c1-2-18-9(17)6-8(16)15-5-3-4-7(15)10-11-13-14-12-10/h7H,2-6H2,1H3,(H,11,12,13,14). The molecule has 0 saturated carbocycles. The van der Waals surface area contributed by atoms with Crippen molar-refractivity contribution in [3.63, 3.8) is 0 Å². The number of likely N-dealkylation sites (tertiary alicyclic amines) is 1. The Kier molecular flexibility index (Phi) is 3.85. The molecular weight excluding hydrogens is 238 g/mol. The second kappa shape index (κ2) is 5.56. The fraction of sp³-hybridized carbons (Fsp3) is 0.700. The van der Waals surface area contributed by atoms with E-state index in [0.717, 1.165) is 12.8 Å². The number of carbonyl (C=O) groups is 2. The lowest BCUT2D eigenvalue weighted by molar-refractivity contribution is -0.149. The summed E-state index contributed by atoms with van der Waals surface area (Å²) >= 11 is 0. The van der Waals surface area contributed by atoms with Gasteiger partial charge in [-0.15, -0.1) is 10.2 Å². The molecule has 8 heteroatoms. The van der Waals surface area contributed by atoms with E-state index in [9.17, 15) is 9.59 Å². The van der Waals surface area contributed by atoms with Gasteiger partial charge in [0.05, 0.1) is 12.6 Å². The lowest BCUT2D eigenvalue weighted by Gasteiger charge is -2.21. The number of ether oxygens (including phenoxy) is 1. The quantitative estimate of drug-likeness (QED) is 0.590. The Labute approximate surface area is 104 Å². The molecule has 8 nitrogen and oxygen atoms in total. The molecule has 0 aliphatic carbocycles. The summed E-state index contributed by atoms with van der Waals surface area (Å²) in [6.07, 6.45) is 1.42. The third kappa shape index (κ3) is 2.63. The van der Waals surface area contributed by atoms with Crippen molar-refractivity contribution in [1.29, 1.82) is 0 Å². The van der Waals surface area contributed by atoms with Crippen LogP contribution in [0.4, 0.5) is 0 Å². The van der Waals surface area contributed by atoms with Crippen LogP contribution in [0.5, 0.6) is 0 Å². The highest BCUT2D eigenvalue weighted by atomic mass is 16.5. The van der Waals surface area contributed by atoms with E-state index in [1.54, 1.807) is 11.8 Å². The molecule has 2 heterocycles. The molecule has 0 aromatic carbocycles. The Balaban J connectivity index is 1.99. The zero-order chi connectivity index (χ0) is 13.0. The van der Waals surface area contributed by atoms with Crippen LogP contribution in [0.1, 0.15) is 38.1 Å². The fourth-order valence-electron chi connectivity index (χ4n) is 2.08. The Bertz CT molecular complexity index is 419. The number of aromatic nitrogens is 4. The summed E-state index contributed by atoms with van der Waals surface area (Å²) in [6.45, 7) is 2.60. The van der Waals surface area contributed by atoms with Gasteiger partial charge in [-0.05, 0) is 19.8 Å². The van der Waals surface area contributed by atoms with Crippen LogP contribution >= 0.6 is 0 Å². The molecule has 1 aliphatic rings. The average Bonchev–Trinajstić information content (AvgIpc) is 3.00. The monoisotopic (exact) mass is 253 g/mol. The Hall–Kier alpha value is -1.99. The molecule has 1 aliphatic heterocycles. The minimum atomic E-state index is -0.499. The Morgan fingerprint density at radius 3 is 3.06 bits per heavy atom. The first-order valence-electron chi connectivity index (χ1n) is 5.90. The summed E-state index contributed by atoms with van der Waals surface area (Å²) in [5.41, 5.74) is 0. The van der Waals surface area contributed by atoms with Gasteiger partial charge in [0.25, 0.3) is 0 Å². The van der Waals surface area contributed by atoms with Crippen LogP contribution in [0, 0.1) is 0 Å². The number of H-pyrrole nitrogens is 1. The molecule has 1 atom stereocenters. The first-order chi connectivity index (χ1) is 8.72. The van der Waals surface area contributed by atoms with Crippen LogP contribution in [0.2, 0.25) is 0 Å². The van der Waals surface area contributed by atoms with Crippen LogP contribution in [-0.2, 0) is 14.3 Å². The molecule has 2 rings (SSSR count). The van der Waals surface area contributed by atoms with Gasteiger partial charge in [-0.1, -0.05) is 5.21 Å². The van der Waals surface area contributed by atoms with Gasteiger partial charge in [0.15, 0.2) is 5.82 Å². The molecule has 1 unspecified atom stereocenters. The average molecular weight is 253 g/mol. The second-order valence-corrected chi connectivity index (χ2v) is 4.00. The predicted molar refractivity (Wildman–Crippen MR) is 59.1 cm³/mol. The van der Waals surface area contributed by atoms with Gasteiger partial charge >= 0.3 is 5.97 Å². The zero-order valence-corrected chi connectivity index (χ0v) is 10.1. The summed E-state index contributed by atoms with van der Waals surface area (Å²) in [5.74, 6) is -0.258. The maximum Gasteiger partial charge on any atom is 0.315 e. The van der Waals surface area contributed by atoms with Crippen LogP contribution in [0.25, 0.3) is 0 Å². The molecule has 1 amide bonds. The molecule has 18 heavy (non-hydrogen) atoms. The summed E-state index contributed by atoms with van der Waals surface area (Å²) < 4.78 is 4.76. The Morgan fingerprint density at radius 2 is 2.39 bits per heavy atom. The van der Waals surface area contributed by atoms with Crippen molar-refractivity contribution < 1.29 is 14.3 Å². The summed E-state index contributed by atoms with van der Waals surface area (Å²) in [5, 5.41) is 13.6. The largest absolute Gasteiger partial charge is 0.466 e. The van der Waals surface area contributed by atoms with Crippen LogP contribution in [-0.4, -0.2) is 50.6 Å². The highest BCUT2D eigenvalue weighted by Crippen LogP contribution is 2.29. The highest BCUT2D eigenvalue weighted by molar-refractivity contribution is 5.94. The molecule has 0 radical (unpaired) electrons. The van der Waals surface area contributed by atoms with Gasteiger partial charge in [-0.3, -0.25) is 9.59 Å². The molecular formula is C10H15N5O3. The number of nitrogens with one attached hydrogen (secondary N) is 1. The number of tetrazole rings is 1. The van der Waals surface area contributed by atoms with Gasteiger partial charge in [0.2, 0.25) is 5.91 Å². The van der Waals surface area contributed by atoms with E-state index in [1.807, 2.05) is 0 Å². The van der Waals surface area contributed by atoms with E-state index in [2.05, 4.69) is 20.6 Å². The summed E-state index contributed by atoms with van der Waals surface area (Å²) in [4.78, 5) is 24.9. The number of carbonyl (C=O) groups excluding carboxylic acids is 2. The van der Waals surface area contributed by atoms with E-state index in [-0.39, 0.29) is 25.0 Å². The smallest absolute Gasteiger partial charge is 0.315 e. The molecule has 0 spiro atoms. The number of hydrogen-bond acceptors (Lipinski definition) is 6. The number of aromatic amines is 1. The van der Waals surface area contributed by atoms with Crippen molar-refractivity contribution in [3.05, 3.63) is 5.82 Å². The van der Waals surface area contributed by atoms with Gasteiger partial charge in [-0.25, -0.2) is 0 Å². The van der Waals surface area contributed by atoms with Crippen LogP contribution in [0.15, 0.2) is 0 Å². The number of rotatable bonds is 4. The van der Waals surface area contributed by atoms with Gasteiger partial charge in [0, 0.05) is 6.54 Å². The lowest BCUT2D eigenvalue weighted by atomic mass is 10.2. The van der Waals surface area contributed by atoms with Crippen molar-refractivity contribution in [2.24, 2.45) is 0 Å². The van der Waals surface area contributed by atoms with E-state index in [0.29, 0.717) is 12.4 Å². The first kappa shape index (κ1) is 12.5. The minimum Gasteiger partial charge on any atom is -0.466 e. The van der Waals surface area contributed by atoms with Gasteiger partial charge in [0.1, 0.15) is 6.42 Å². The molecule has 0 bridgehead atoms. The fourth-order valence-corrected chi connectivity index (χ4v) is 2.08. The molecule has 1 saturated heterocycles. The van der Waals surface area contributed by atoms with Crippen molar-refractivity contribution in [2.45, 2.75) is 32.2 Å². The van der Waals surface area contributed by atoms with Crippen LogP contribution in [0.3, 0.4) is 0 Å². The van der Waals surface area contributed by atoms with Gasteiger partial charge in [-0.2, -0.15) is 5.21 Å². The molecule has 1 N–H and O–H groups in total. The van der Waals surface area contributed by atoms with E-state index in [4.69, 9.17) is 4.74 Å². The number of nitrogens with zero attached hydrogens (tertiary/aromatic N) is 4. The molecule has 98 valence electrons. The number of amides is 1. The molecule has 1 aromatic rings. The van der Waals surface area contributed by atoms with Crippen molar-refractivity contribution in [1.82, 2.24) is 25.5 Å². The Morgan fingerprint density at radius 1 is 1.56 bits per heavy atom. The predicted octanol–water partition coefficient (Wildman–Crippen LogP) is -0.184. The number of hydrogen-bond donors (Lipinski definition) is 1. The van der Waals surface area contributed by atoms with E-state index >= 15 is 0 Å². The SMILES string of the molecule is CCOC(=O)CC(=O)N1CCCC1c1nn[nH]n1. The normalized spacial score (nSPS) is 18.9. The van der Waals surface area contributed by atoms with E-state index < -0.39 is 5.97 Å². The third-order valence-corrected chi connectivity index (χ3v) is 2.83. The first-order valence-corrected chi connectivity index (χ1v) is 5.90. The number of esters is 1. The summed E-state index contributed by atoms with van der Waals surface area (Å²) in [7, 11) is 0. The second-order valence-electron chi connectivity index (χ2n) is 4.00. The third-order valence-electron chi connectivity index (χ3n) is 2.83. The van der Waals surface area contributed by atoms with Gasteiger partial charge < -0.3 is 9.64 Å². The van der Waals surface area contributed by atoms with Crippen molar-refractivity contribution in [3.8, 4) is 0 Å².